The number of likely N-dealkylation sites (N-methyl/N-ethyl adjacent to an activating group) is 1. The third-order valence-electron chi connectivity index (χ3n) is 10.2. The number of nitrogens with zero attached hydrogens (tertiary/aromatic N) is 2. The Balaban J connectivity index is 1.19. The molecule has 0 radical (unpaired) electrons. The van der Waals surface area contributed by atoms with Gasteiger partial charge in [-0.3, -0.25) is 9.69 Å². The van der Waals surface area contributed by atoms with Crippen molar-refractivity contribution >= 4 is 12.0 Å². The molecule has 2 aromatic carbocycles. The Hall–Kier alpha value is -3.04. The molecule has 0 aromatic heterocycles. The largest absolute Gasteiger partial charge is 0.504 e. The first-order valence-electron chi connectivity index (χ1n) is 14.1. The summed E-state index contributed by atoms with van der Waals surface area (Å²) in [7, 11) is 1.71. The van der Waals surface area contributed by atoms with Crippen LogP contribution in [0.2, 0.25) is 0 Å². The minimum atomic E-state index is -4.42. The number of aromatic hydroxyl groups is 1. The summed E-state index contributed by atoms with van der Waals surface area (Å²) in [4.78, 5) is 17.4. The van der Waals surface area contributed by atoms with Crippen LogP contribution in [0.1, 0.15) is 54.4 Å². The van der Waals surface area contributed by atoms with E-state index in [1.807, 2.05) is 6.07 Å². The first-order chi connectivity index (χ1) is 19.0. The Morgan fingerprint density at radius 2 is 1.90 bits per heavy atom. The van der Waals surface area contributed by atoms with Crippen LogP contribution in [0.5, 0.6) is 11.5 Å². The lowest BCUT2D eigenvalue weighted by Gasteiger charge is -2.64. The summed E-state index contributed by atoms with van der Waals surface area (Å²) in [5, 5.41) is 23.4. The number of phenolic OH excluding ortho intramolecular Hbond substituents is 1. The maximum atomic E-state index is 13.3. The first-order valence-corrected chi connectivity index (χ1v) is 14.1. The first kappa shape index (κ1) is 25.9. The molecule has 212 valence electrons. The number of hydrogen-bond acceptors (Lipinski definition) is 5. The van der Waals surface area contributed by atoms with Crippen LogP contribution in [-0.4, -0.2) is 69.8 Å². The van der Waals surface area contributed by atoms with E-state index < -0.39 is 28.9 Å². The number of halogens is 3. The molecule has 40 heavy (non-hydrogen) atoms. The second-order valence-corrected chi connectivity index (χ2v) is 12.3. The fraction of sp³-hybridized carbons (Fsp3) is 0.516. The Morgan fingerprint density at radius 1 is 1.15 bits per heavy atom. The van der Waals surface area contributed by atoms with Gasteiger partial charge in [0.2, 0.25) is 5.91 Å². The summed E-state index contributed by atoms with van der Waals surface area (Å²) in [6, 6.07) is 7.91. The number of carbonyl (C=O) groups excluding carboxylic acids is 1. The quantitative estimate of drug-likeness (QED) is 0.532. The molecule has 2 aliphatic heterocycles. The van der Waals surface area contributed by atoms with Crippen molar-refractivity contribution in [1.29, 1.82) is 0 Å². The van der Waals surface area contributed by atoms with Crippen LogP contribution in [0.15, 0.2) is 42.5 Å². The van der Waals surface area contributed by atoms with Crippen LogP contribution in [0, 0.1) is 5.92 Å². The summed E-state index contributed by atoms with van der Waals surface area (Å²) in [5.74, 6) is 0.887. The van der Waals surface area contributed by atoms with Gasteiger partial charge < -0.3 is 19.8 Å². The predicted octanol–water partition coefficient (Wildman–Crippen LogP) is 4.52. The Bertz CT molecular complexity index is 1390. The average molecular weight is 555 g/mol. The van der Waals surface area contributed by atoms with E-state index in [0.717, 1.165) is 36.3 Å². The Labute approximate surface area is 231 Å². The highest BCUT2D eigenvalue weighted by Crippen LogP contribution is 2.66. The van der Waals surface area contributed by atoms with Gasteiger partial charge in [0, 0.05) is 31.3 Å². The van der Waals surface area contributed by atoms with E-state index in [9.17, 15) is 28.2 Å². The molecule has 5 aliphatic rings. The molecule has 5 atom stereocenters. The number of amides is 1. The minimum Gasteiger partial charge on any atom is -0.504 e. The molecule has 1 saturated heterocycles. The number of ether oxygens (including phenoxy) is 1. The Kier molecular flexibility index (Phi) is 5.65. The number of aliphatic hydroxyl groups is 1. The van der Waals surface area contributed by atoms with Crippen LogP contribution in [0.25, 0.3) is 6.08 Å². The van der Waals surface area contributed by atoms with Gasteiger partial charge in [-0.05, 0) is 86.4 Å². The van der Waals surface area contributed by atoms with Crippen LogP contribution >= 0.6 is 0 Å². The molecule has 2 aromatic rings. The molecule has 2 heterocycles. The minimum absolute atomic E-state index is 0.0440. The number of piperidine rings is 1. The van der Waals surface area contributed by atoms with Crippen molar-refractivity contribution in [1.82, 2.24) is 9.80 Å². The fourth-order valence-electron chi connectivity index (χ4n) is 8.08. The van der Waals surface area contributed by atoms with Crippen molar-refractivity contribution in [2.45, 2.75) is 73.9 Å². The summed E-state index contributed by atoms with van der Waals surface area (Å²) in [5.41, 5.74) is -0.00276. The molecule has 7 rings (SSSR count). The highest BCUT2D eigenvalue weighted by Gasteiger charge is 2.73. The number of alkyl halides is 3. The van der Waals surface area contributed by atoms with Crippen molar-refractivity contribution in [3.63, 3.8) is 0 Å². The second-order valence-electron chi connectivity index (χ2n) is 12.3. The van der Waals surface area contributed by atoms with Crippen molar-refractivity contribution < 1.29 is 32.9 Å². The maximum Gasteiger partial charge on any atom is 0.416 e. The molecule has 9 heteroatoms. The summed E-state index contributed by atoms with van der Waals surface area (Å²) in [6.07, 6.45) is 2.86. The van der Waals surface area contributed by atoms with E-state index in [1.54, 1.807) is 18.0 Å². The van der Waals surface area contributed by atoms with E-state index in [4.69, 9.17) is 4.74 Å². The molecule has 1 amide bonds. The van der Waals surface area contributed by atoms with Gasteiger partial charge in [-0.25, -0.2) is 0 Å². The van der Waals surface area contributed by atoms with Gasteiger partial charge in [0.1, 0.15) is 6.10 Å². The standard InChI is InChI=1S/C31H33F3N2O4/c1-35(25(38)11-6-18-4-8-21(9-5-18)31(32,33)34)22-12-13-30(39)24-16-20-7-10-23(37)27-26(20)29(30,28(22)40-27)14-15-36(24)17-19-2-3-19/h4-11,19,22,24,28,37,39H,2-3,12-17H2,1H3/b11-6+/t22-,24-,28?,29+,30-/m1/s1. The molecule has 3 fully saturated rings. The molecule has 1 spiro atoms. The summed E-state index contributed by atoms with van der Waals surface area (Å²) < 4.78 is 45.2. The normalized spacial score (nSPS) is 32.6. The molecular formula is C31H33F3N2O4. The topological polar surface area (TPSA) is 73.2 Å². The lowest BCUT2D eigenvalue weighted by Crippen LogP contribution is -2.78. The van der Waals surface area contributed by atoms with Gasteiger partial charge >= 0.3 is 6.18 Å². The van der Waals surface area contributed by atoms with Crippen LogP contribution < -0.4 is 4.74 Å². The highest BCUT2D eigenvalue weighted by atomic mass is 19.4. The zero-order valence-electron chi connectivity index (χ0n) is 22.3. The van der Waals surface area contributed by atoms with E-state index in [-0.39, 0.29) is 23.7 Å². The molecule has 6 nitrogen and oxygen atoms in total. The summed E-state index contributed by atoms with van der Waals surface area (Å²) >= 11 is 0. The van der Waals surface area contributed by atoms with E-state index >= 15 is 0 Å². The zero-order valence-corrected chi connectivity index (χ0v) is 22.3. The molecule has 2 bridgehead atoms. The lowest BCUT2D eigenvalue weighted by molar-refractivity contribution is -0.200. The van der Waals surface area contributed by atoms with E-state index in [2.05, 4.69) is 4.90 Å². The molecule has 3 aliphatic carbocycles. The van der Waals surface area contributed by atoms with Crippen molar-refractivity contribution in [2.24, 2.45) is 5.92 Å². The van der Waals surface area contributed by atoms with Crippen molar-refractivity contribution in [3.05, 3.63) is 64.7 Å². The Morgan fingerprint density at radius 3 is 2.60 bits per heavy atom. The number of hydrogen-bond donors (Lipinski definition) is 2. The number of likely N-dealkylation sites (tertiary alicyclic amines) is 1. The highest BCUT2D eigenvalue weighted by molar-refractivity contribution is 5.92. The fourth-order valence-corrected chi connectivity index (χ4v) is 8.08. The van der Waals surface area contributed by atoms with Crippen LogP contribution in [0.4, 0.5) is 13.2 Å². The van der Waals surface area contributed by atoms with E-state index in [0.29, 0.717) is 42.9 Å². The smallest absolute Gasteiger partial charge is 0.416 e. The second kappa shape index (κ2) is 8.73. The third kappa shape index (κ3) is 3.66. The zero-order chi connectivity index (χ0) is 28.0. The molecule has 2 saturated carbocycles. The molecule has 2 N–H and O–H groups in total. The van der Waals surface area contributed by atoms with Gasteiger partial charge in [-0.2, -0.15) is 13.2 Å². The SMILES string of the molecule is CN(C(=O)/C=C/c1ccc(C(F)(F)F)cc1)[C@@H]1CC[C@@]2(O)[C@H]3Cc4ccc(O)c5c4[C@@]2(CCN3CC2CC2)C1O5. The molecular weight excluding hydrogens is 521 g/mol. The molecule has 1 unspecified atom stereocenters. The number of carbonyl (C=O) groups is 1. The summed E-state index contributed by atoms with van der Waals surface area (Å²) in [6.45, 7) is 1.82. The third-order valence-corrected chi connectivity index (χ3v) is 10.2. The van der Waals surface area contributed by atoms with Crippen molar-refractivity contribution in [2.75, 3.05) is 20.1 Å². The van der Waals surface area contributed by atoms with E-state index in [1.165, 1.54) is 37.1 Å². The lowest BCUT2D eigenvalue weighted by atomic mass is 9.48. The van der Waals surface area contributed by atoms with Crippen LogP contribution in [-0.2, 0) is 22.8 Å². The maximum absolute atomic E-state index is 13.3. The van der Waals surface area contributed by atoms with Gasteiger partial charge in [0.05, 0.1) is 22.6 Å². The predicted molar refractivity (Wildman–Crippen MR) is 142 cm³/mol. The monoisotopic (exact) mass is 554 g/mol. The van der Waals surface area contributed by atoms with Gasteiger partial charge in [0.15, 0.2) is 11.5 Å². The number of rotatable bonds is 5. The van der Waals surface area contributed by atoms with Gasteiger partial charge in [-0.1, -0.05) is 18.2 Å². The average Bonchev–Trinajstić information content (AvgIpc) is 3.67. The van der Waals surface area contributed by atoms with Gasteiger partial charge in [0.25, 0.3) is 0 Å². The number of phenols is 1. The van der Waals surface area contributed by atoms with Gasteiger partial charge in [-0.15, -0.1) is 0 Å². The number of benzene rings is 2. The van der Waals surface area contributed by atoms with Crippen LogP contribution in [0.3, 0.4) is 0 Å². The van der Waals surface area contributed by atoms with Crippen molar-refractivity contribution in [3.8, 4) is 11.5 Å².